The zero-order chi connectivity index (χ0) is 17.7. The van der Waals surface area contributed by atoms with E-state index >= 15 is 0 Å². The van der Waals surface area contributed by atoms with Crippen LogP contribution in [0.2, 0.25) is 0 Å². The van der Waals surface area contributed by atoms with E-state index in [9.17, 15) is 19.2 Å². The van der Waals surface area contributed by atoms with Crippen molar-refractivity contribution < 1.29 is 19.2 Å². The van der Waals surface area contributed by atoms with Gasteiger partial charge in [0.15, 0.2) is 0 Å². The van der Waals surface area contributed by atoms with Crippen molar-refractivity contribution in [3.63, 3.8) is 0 Å². The first-order valence-corrected chi connectivity index (χ1v) is 8.02. The van der Waals surface area contributed by atoms with Gasteiger partial charge in [0, 0.05) is 12.6 Å². The number of terminal acetylenes is 1. The number of carbonyl (C=O) groups is 4. The maximum Gasteiger partial charge on any atom is 0.335 e. The maximum absolute atomic E-state index is 12.6. The number of amides is 5. The van der Waals surface area contributed by atoms with E-state index in [1.807, 2.05) is 0 Å². The van der Waals surface area contributed by atoms with Gasteiger partial charge in [-0.15, -0.1) is 13.0 Å². The zero-order valence-electron chi connectivity index (χ0n) is 13.6. The average molecular weight is 331 g/mol. The molecular formula is C17H21N3O4. The van der Waals surface area contributed by atoms with Gasteiger partial charge in [0.1, 0.15) is 6.54 Å². The minimum absolute atomic E-state index is 0.0232. The Morgan fingerprint density at radius 2 is 1.83 bits per heavy atom. The molecule has 1 aliphatic carbocycles. The minimum Gasteiger partial charge on any atom is -0.327 e. The van der Waals surface area contributed by atoms with E-state index < -0.39 is 30.3 Å². The van der Waals surface area contributed by atoms with Crippen molar-refractivity contribution in [3.8, 4) is 12.3 Å². The number of hydrogen-bond donors (Lipinski definition) is 0. The molecule has 1 heterocycles. The van der Waals surface area contributed by atoms with Gasteiger partial charge in [0.05, 0.1) is 6.54 Å². The van der Waals surface area contributed by atoms with Gasteiger partial charge < -0.3 is 4.90 Å². The molecular weight excluding hydrogens is 310 g/mol. The standard InChI is InChI=1S/C17H21N3O4/c1-3-10-18(13-8-6-5-7-9-13)14(21)12-20-16(23)15(22)19(11-4-2)17(20)24/h1,4,13H,2,5-12H2. The Morgan fingerprint density at radius 3 is 2.42 bits per heavy atom. The molecule has 1 aliphatic heterocycles. The van der Waals surface area contributed by atoms with Crippen molar-refractivity contribution in [2.24, 2.45) is 0 Å². The quantitative estimate of drug-likeness (QED) is 0.311. The monoisotopic (exact) mass is 331 g/mol. The molecule has 0 unspecified atom stereocenters. The molecule has 0 bridgehead atoms. The van der Waals surface area contributed by atoms with Crippen LogP contribution in [-0.2, 0) is 14.4 Å². The largest absolute Gasteiger partial charge is 0.335 e. The predicted molar refractivity (Wildman–Crippen MR) is 86.4 cm³/mol. The molecule has 7 heteroatoms. The molecule has 24 heavy (non-hydrogen) atoms. The van der Waals surface area contributed by atoms with Crippen molar-refractivity contribution in [3.05, 3.63) is 12.7 Å². The Hall–Kier alpha value is -2.62. The summed E-state index contributed by atoms with van der Waals surface area (Å²) in [6, 6.07) is -0.766. The van der Waals surface area contributed by atoms with Gasteiger partial charge in [0.2, 0.25) is 5.91 Å². The van der Waals surface area contributed by atoms with Crippen LogP contribution in [0.5, 0.6) is 0 Å². The summed E-state index contributed by atoms with van der Waals surface area (Å²) in [5, 5.41) is 0. The highest BCUT2D eigenvalue weighted by atomic mass is 16.2. The van der Waals surface area contributed by atoms with E-state index in [0.717, 1.165) is 37.0 Å². The fourth-order valence-electron chi connectivity index (χ4n) is 3.12. The van der Waals surface area contributed by atoms with E-state index in [-0.39, 0.29) is 19.1 Å². The molecule has 128 valence electrons. The number of imide groups is 2. The molecule has 7 nitrogen and oxygen atoms in total. The summed E-state index contributed by atoms with van der Waals surface area (Å²) in [4.78, 5) is 51.5. The van der Waals surface area contributed by atoms with Gasteiger partial charge in [-0.2, -0.15) is 0 Å². The third-order valence-corrected chi connectivity index (χ3v) is 4.34. The normalized spacial score (nSPS) is 18.7. The van der Waals surface area contributed by atoms with Gasteiger partial charge in [-0.3, -0.25) is 19.3 Å². The summed E-state index contributed by atoms with van der Waals surface area (Å²) in [7, 11) is 0. The molecule has 0 aromatic heterocycles. The number of rotatable bonds is 6. The highest BCUT2D eigenvalue weighted by Crippen LogP contribution is 2.23. The first kappa shape index (κ1) is 17.7. The van der Waals surface area contributed by atoms with Crippen molar-refractivity contribution in [2.45, 2.75) is 38.1 Å². The van der Waals surface area contributed by atoms with Crippen LogP contribution < -0.4 is 0 Å². The number of urea groups is 1. The number of nitrogens with zero attached hydrogens (tertiary/aromatic N) is 3. The van der Waals surface area contributed by atoms with Gasteiger partial charge >= 0.3 is 17.8 Å². The highest BCUT2D eigenvalue weighted by molar-refractivity contribution is 6.45. The second kappa shape index (κ2) is 7.77. The van der Waals surface area contributed by atoms with Gasteiger partial charge in [-0.05, 0) is 12.8 Å². The summed E-state index contributed by atoms with van der Waals surface area (Å²) in [6.45, 7) is 3.05. The lowest BCUT2D eigenvalue weighted by Gasteiger charge is -2.33. The Balaban J connectivity index is 2.10. The summed E-state index contributed by atoms with van der Waals surface area (Å²) in [6.07, 6.45) is 11.6. The van der Waals surface area contributed by atoms with Crippen molar-refractivity contribution >= 4 is 23.8 Å². The van der Waals surface area contributed by atoms with Crippen LogP contribution in [0.4, 0.5) is 4.79 Å². The number of hydrogen-bond acceptors (Lipinski definition) is 4. The molecule has 0 spiro atoms. The van der Waals surface area contributed by atoms with Crippen LogP contribution in [0.1, 0.15) is 32.1 Å². The first-order chi connectivity index (χ1) is 11.5. The van der Waals surface area contributed by atoms with Gasteiger partial charge in [0.25, 0.3) is 0 Å². The predicted octanol–water partition coefficient (Wildman–Crippen LogP) is 0.758. The zero-order valence-corrected chi connectivity index (χ0v) is 13.6. The molecule has 1 saturated carbocycles. The summed E-state index contributed by atoms with van der Waals surface area (Å²) in [5.41, 5.74) is 0. The topological polar surface area (TPSA) is 78.0 Å². The second-order valence-corrected chi connectivity index (χ2v) is 5.90. The summed E-state index contributed by atoms with van der Waals surface area (Å²) in [5.74, 6) is 0.127. The molecule has 1 saturated heterocycles. The fraction of sp³-hybridized carbons (Fsp3) is 0.529. The van der Waals surface area contributed by atoms with Crippen LogP contribution in [0, 0.1) is 12.3 Å². The molecule has 2 rings (SSSR count). The third-order valence-electron chi connectivity index (χ3n) is 4.34. The Labute approximate surface area is 141 Å². The SMILES string of the molecule is C#CCN(C(=O)CN1C(=O)C(=O)N(CC=C)C1=O)C1CCCCC1. The molecule has 2 fully saturated rings. The van der Waals surface area contributed by atoms with Gasteiger partial charge in [-0.1, -0.05) is 31.3 Å². The third kappa shape index (κ3) is 3.48. The summed E-state index contributed by atoms with van der Waals surface area (Å²) >= 11 is 0. The molecule has 0 N–H and O–H groups in total. The van der Waals surface area contributed by atoms with E-state index in [1.54, 1.807) is 4.90 Å². The molecule has 0 atom stereocenters. The lowest BCUT2D eigenvalue weighted by Crippen LogP contribution is -2.48. The Morgan fingerprint density at radius 1 is 1.21 bits per heavy atom. The molecule has 0 aromatic rings. The van der Waals surface area contributed by atoms with E-state index in [0.29, 0.717) is 4.90 Å². The van der Waals surface area contributed by atoms with E-state index in [4.69, 9.17) is 6.42 Å². The van der Waals surface area contributed by atoms with Crippen molar-refractivity contribution in [1.29, 1.82) is 0 Å². The van der Waals surface area contributed by atoms with E-state index in [1.165, 1.54) is 6.08 Å². The molecule has 0 radical (unpaired) electrons. The fourth-order valence-corrected chi connectivity index (χ4v) is 3.12. The minimum atomic E-state index is -0.987. The second-order valence-electron chi connectivity index (χ2n) is 5.90. The van der Waals surface area contributed by atoms with Crippen LogP contribution in [-0.4, -0.2) is 64.1 Å². The smallest absolute Gasteiger partial charge is 0.327 e. The van der Waals surface area contributed by atoms with Crippen molar-refractivity contribution in [2.75, 3.05) is 19.6 Å². The van der Waals surface area contributed by atoms with Crippen LogP contribution in [0.3, 0.4) is 0 Å². The first-order valence-electron chi connectivity index (χ1n) is 8.02. The Kier molecular flexibility index (Phi) is 5.74. The number of carbonyl (C=O) groups excluding carboxylic acids is 4. The highest BCUT2D eigenvalue weighted by Gasteiger charge is 2.45. The molecule has 0 aromatic carbocycles. The lowest BCUT2D eigenvalue weighted by atomic mass is 9.94. The van der Waals surface area contributed by atoms with E-state index in [2.05, 4.69) is 12.5 Å². The van der Waals surface area contributed by atoms with Crippen LogP contribution >= 0.6 is 0 Å². The Bertz CT molecular complexity index is 601. The van der Waals surface area contributed by atoms with Crippen molar-refractivity contribution in [1.82, 2.24) is 14.7 Å². The molecule has 2 aliphatic rings. The maximum atomic E-state index is 12.6. The van der Waals surface area contributed by atoms with Gasteiger partial charge in [-0.25, -0.2) is 9.69 Å². The lowest BCUT2D eigenvalue weighted by molar-refractivity contribution is -0.145. The average Bonchev–Trinajstić information content (AvgIpc) is 2.78. The molecule has 5 amide bonds. The van der Waals surface area contributed by atoms with Crippen LogP contribution in [0.25, 0.3) is 0 Å². The van der Waals surface area contributed by atoms with Crippen LogP contribution in [0.15, 0.2) is 12.7 Å². The summed E-state index contributed by atoms with van der Waals surface area (Å²) < 4.78 is 0.